The van der Waals surface area contributed by atoms with E-state index < -0.39 is 0 Å². The number of fused-ring (bicyclic) bond motifs is 1. The minimum Gasteiger partial charge on any atom is -0.376 e. The molecule has 98 valence electrons. The van der Waals surface area contributed by atoms with E-state index in [1.807, 2.05) is 12.1 Å². The Hall–Kier alpha value is -1.52. The van der Waals surface area contributed by atoms with Gasteiger partial charge in [-0.15, -0.1) is 0 Å². The van der Waals surface area contributed by atoms with E-state index in [1.165, 1.54) is 0 Å². The molecule has 2 aromatic heterocycles. The van der Waals surface area contributed by atoms with E-state index in [0.717, 1.165) is 35.4 Å². The van der Waals surface area contributed by atoms with Crippen LogP contribution in [0.1, 0.15) is 23.7 Å². The van der Waals surface area contributed by atoms with Crippen LogP contribution in [0.25, 0.3) is 11.5 Å². The van der Waals surface area contributed by atoms with Crippen LogP contribution >= 0.6 is 11.6 Å². The van der Waals surface area contributed by atoms with E-state index in [2.05, 4.69) is 21.9 Å². The van der Waals surface area contributed by atoms with Crippen LogP contribution in [0.15, 0.2) is 18.3 Å². The molecule has 0 aromatic carbocycles. The quantitative estimate of drug-likeness (QED) is 0.791. The largest absolute Gasteiger partial charge is 0.376 e. The predicted molar refractivity (Wildman–Crippen MR) is 73.0 cm³/mol. The SMILES string of the molecule is CCc1cccnc1-c1nc(Cl)c2c(n1)CCOC2. The topological polar surface area (TPSA) is 47.9 Å². The Bertz CT molecular complexity index is 616. The van der Waals surface area contributed by atoms with E-state index in [4.69, 9.17) is 16.3 Å². The monoisotopic (exact) mass is 275 g/mol. The van der Waals surface area contributed by atoms with Crippen molar-refractivity contribution in [2.45, 2.75) is 26.4 Å². The highest BCUT2D eigenvalue weighted by atomic mass is 35.5. The summed E-state index contributed by atoms with van der Waals surface area (Å²) in [5, 5.41) is 0.479. The second kappa shape index (κ2) is 5.23. The molecule has 0 saturated carbocycles. The molecule has 1 aliphatic rings. The average Bonchev–Trinajstić information content (AvgIpc) is 2.47. The summed E-state index contributed by atoms with van der Waals surface area (Å²) in [4.78, 5) is 13.4. The van der Waals surface area contributed by atoms with Crippen molar-refractivity contribution in [3.05, 3.63) is 40.3 Å². The average molecular weight is 276 g/mol. The number of pyridine rings is 1. The van der Waals surface area contributed by atoms with E-state index in [1.54, 1.807) is 6.20 Å². The van der Waals surface area contributed by atoms with E-state index >= 15 is 0 Å². The summed E-state index contributed by atoms with van der Waals surface area (Å²) >= 11 is 6.23. The number of nitrogens with zero attached hydrogens (tertiary/aromatic N) is 3. The zero-order valence-electron chi connectivity index (χ0n) is 10.7. The molecule has 0 unspecified atom stereocenters. The Balaban J connectivity index is 2.13. The smallest absolute Gasteiger partial charge is 0.180 e. The number of aromatic nitrogens is 3. The third kappa shape index (κ3) is 2.33. The van der Waals surface area contributed by atoms with Crippen molar-refractivity contribution >= 4 is 11.6 Å². The maximum absolute atomic E-state index is 6.23. The Labute approximate surface area is 116 Å². The molecule has 1 aliphatic heterocycles. The van der Waals surface area contributed by atoms with Crippen LogP contribution < -0.4 is 0 Å². The van der Waals surface area contributed by atoms with Gasteiger partial charge >= 0.3 is 0 Å². The number of ether oxygens (including phenoxy) is 1. The molecule has 0 N–H and O–H groups in total. The first-order valence-corrected chi connectivity index (χ1v) is 6.74. The van der Waals surface area contributed by atoms with Gasteiger partial charge in [0.15, 0.2) is 5.82 Å². The molecule has 0 saturated heterocycles. The summed E-state index contributed by atoms with van der Waals surface area (Å²) < 4.78 is 5.39. The predicted octanol–water partition coefficient (Wildman–Crippen LogP) is 2.83. The highest BCUT2D eigenvalue weighted by molar-refractivity contribution is 6.30. The lowest BCUT2D eigenvalue weighted by atomic mass is 10.1. The third-order valence-electron chi connectivity index (χ3n) is 3.26. The Morgan fingerprint density at radius 1 is 1.37 bits per heavy atom. The molecule has 0 fully saturated rings. The number of rotatable bonds is 2. The zero-order chi connectivity index (χ0) is 13.2. The lowest BCUT2D eigenvalue weighted by Gasteiger charge is -2.17. The van der Waals surface area contributed by atoms with E-state index in [0.29, 0.717) is 24.2 Å². The summed E-state index contributed by atoms with van der Waals surface area (Å²) in [6, 6.07) is 3.97. The van der Waals surface area contributed by atoms with Gasteiger partial charge in [-0.1, -0.05) is 24.6 Å². The standard InChI is InChI=1S/C14H14ClN3O/c1-2-9-4-3-6-16-12(9)14-17-11-5-7-19-8-10(11)13(15)18-14/h3-4,6H,2,5,7-8H2,1H3. The molecule has 3 heterocycles. The fourth-order valence-corrected chi connectivity index (χ4v) is 2.47. The van der Waals surface area contributed by atoms with Crippen LogP contribution in [0, 0.1) is 0 Å². The van der Waals surface area contributed by atoms with Crippen molar-refractivity contribution in [1.29, 1.82) is 0 Å². The van der Waals surface area contributed by atoms with Crippen LogP contribution in [0.4, 0.5) is 0 Å². The molecule has 0 radical (unpaired) electrons. The number of aryl methyl sites for hydroxylation is 1. The van der Waals surface area contributed by atoms with Gasteiger partial charge in [0.1, 0.15) is 10.8 Å². The van der Waals surface area contributed by atoms with Gasteiger partial charge in [0, 0.05) is 18.2 Å². The molecule has 5 heteroatoms. The van der Waals surface area contributed by atoms with Crippen molar-refractivity contribution in [2.75, 3.05) is 6.61 Å². The molecule has 0 spiro atoms. The van der Waals surface area contributed by atoms with Crippen LogP contribution in [0.3, 0.4) is 0 Å². The van der Waals surface area contributed by atoms with Gasteiger partial charge in [0.2, 0.25) is 0 Å². The van der Waals surface area contributed by atoms with E-state index in [-0.39, 0.29) is 0 Å². The first-order valence-electron chi connectivity index (χ1n) is 6.37. The Morgan fingerprint density at radius 3 is 3.11 bits per heavy atom. The van der Waals surface area contributed by atoms with Crippen LogP contribution in [0.2, 0.25) is 5.15 Å². The fraction of sp³-hybridized carbons (Fsp3) is 0.357. The van der Waals surface area contributed by atoms with Gasteiger partial charge < -0.3 is 4.74 Å². The van der Waals surface area contributed by atoms with E-state index in [9.17, 15) is 0 Å². The molecule has 0 aliphatic carbocycles. The Kier molecular flexibility index (Phi) is 3.44. The summed E-state index contributed by atoms with van der Waals surface area (Å²) in [6.07, 6.45) is 3.43. The van der Waals surface area contributed by atoms with Crippen molar-refractivity contribution in [1.82, 2.24) is 15.0 Å². The Morgan fingerprint density at radius 2 is 2.26 bits per heavy atom. The van der Waals surface area contributed by atoms with Crippen LogP contribution in [0.5, 0.6) is 0 Å². The number of hydrogen-bond acceptors (Lipinski definition) is 4. The molecule has 2 aromatic rings. The minimum absolute atomic E-state index is 0.479. The molecule has 0 amide bonds. The second-order valence-electron chi connectivity index (χ2n) is 4.43. The van der Waals surface area contributed by atoms with Gasteiger partial charge in [0.05, 0.1) is 18.9 Å². The molecule has 0 atom stereocenters. The first-order chi connectivity index (χ1) is 9.29. The number of hydrogen-bond donors (Lipinski definition) is 0. The lowest BCUT2D eigenvalue weighted by molar-refractivity contribution is 0.109. The van der Waals surface area contributed by atoms with Crippen molar-refractivity contribution in [2.24, 2.45) is 0 Å². The van der Waals surface area contributed by atoms with Crippen molar-refractivity contribution in [3.8, 4) is 11.5 Å². The highest BCUT2D eigenvalue weighted by Gasteiger charge is 2.19. The zero-order valence-corrected chi connectivity index (χ0v) is 11.4. The molecule has 3 rings (SSSR count). The maximum Gasteiger partial charge on any atom is 0.180 e. The second-order valence-corrected chi connectivity index (χ2v) is 4.79. The van der Waals surface area contributed by atoms with Gasteiger partial charge in [0.25, 0.3) is 0 Å². The molecule has 19 heavy (non-hydrogen) atoms. The number of halogens is 1. The van der Waals surface area contributed by atoms with Crippen LogP contribution in [-0.2, 0) is 24.2 Å². The minimum atomic E-state index is 0.479. The van der Waals surface area contributed by atoms with Crippen molar-refractivity contribution in [3.63, 3.8) is 0 Å². The maximum atomic E-state index is 6.23. The molecular weight excluding hydrogens is 262 g/mol. The van der Waals surface area contributed by atoms with Crippen LogP contribution in [-0.4, -0.2) is 21.6 Å². The summed E-state index contributed by atoms with van der Waals surface area (Å²) in [5.41, 5.74) is 3.84. The third-order valence-corrected chi connectivity index (χ3v) is 3.57. The van der Waals surface area contributed by atoms with Gasteiger partial charge in [-0.05, 0) is 18.1 Å². The fourth-order valence-electron chi connectivity index (χ4n) is 2.22. The van der Waals surface area contributed by atoms with Crippen molar-refractivity contribution < 1.29 is 4.74 Å². The summed E-state index contributed by atoms with van der Waals surface area (Å²) in [5.74, 6) is 0.614. The molecule has 0 bridgehead atoms. The van der Waals surface area contributed by atoms with Gasteiger partial charge in [-0.3, -0.25) is 4.98 Å². The normalized spacial score (nSPS) is 14.2. The first kappa shape index (κ1) is 12.5. The lowest BCUT2D eigenvalue weighted by Crippen LogP contribution is -2.14. The van der Waals surface area contributed by atoms with Gasteiger partial charge in [-0.25, -0.2) is 9.97 Å². The summed E-state index contributed by atoms with van der Waals surface area (Å²) in [6.45, 7) is 3.27. The van der Waals surface area contributed by atoms with Gasteiger partial charge in [-0.2, -0.15) is 0 Å². The highest BCUT2D eigenvalue weighted by Crippen LogP contribution is 2.26. The molecule has 4 nitrogen and oxygen atoms in total. The molecular formula is C14H14ClN3O. The summed E-state index contributed by atoms with van der Waals surface area (Å²) in [7, 11) is 0.